The van der Waals surface area contributed by atoms with Crippen molar-refractivity contribution in [3.63, 3.8) is 0 Å². The first kappa shape index (κ1) is 12.4. The number of carbonyl (C=O) groups excluding carboxylic acids is 1. The number of carboxylic acids is 1. The molecule has 1 heterocycles. The third kappa shape index (κ3) is 2.30. The molecule has 1 atom stereocenters. The van der Waals surface area contributed by atoms with Crippen molar-refractivity contribution < 1.29 is 14.7 Å². The van der Waals surface area contributed by atoms with Crippen molar-refractivity contribution in [2.24, 2.45) is 11.1 Å². The molecule has 1 aromatic heterocycles. The molecule has 16 heavy (non-hydrogen) atoms. The predicted octanol–water partition coefficient (Wildman–Crippen LogP) is 0.854. The lowest BCUT2D eigenvalue weighted by Gasteiger charge is -2.21. The molecule has 1 aromatic rings. The summed E-state index contributed by atoms with van der Waals surface area (Å²) in [5, 5.41) is 9.31. The molecule has 1 rings (SSSR count). The van der Waals surface area contributed by atoms with Gasteiger partial charge in [-0.05, 0) is 25.0 Å². The Labute approximate surface area is 97.2 Å². The standard InChI is InChI=1S/C10H11ClN2O3/c1-10(8(12)14,9(15)16)4-6-2-3-13-5-7(6)11/h2-3,5H,4H2,1H3,(H2,12,14)(H,15,16). The van der Waals surface area contributed by atoms with Crippen LogP contribution in [0.4, 0.5) is 0 Å². The van der Waals surface area contributed by atoms with Gasteiger partial charge in [0.1, 0.15) is 5.41 Å². The molecule has 6 heteroatoms. The van der Waals surface area contributed by atoms with Gasteiger partial charge < -0.3 is 10.8 Å². The van der Waals surface area contributed by atoms with Gasteiger partial charge >= 0.3 is 5.97 Å². The lowest BCUT2D eigenvalue weighted by molar-refractivity contribution is -0.153. The second-order valence-electron chi connectivity index (χ2n) is 3.65. The highest BCUT2D eigenvalue weighted by Gasteiger charge is 2.40. The SMILES string of the molecule is CC(Cc1ccncc1Cl)(C(N)=O)C(=O)O. The van der Waals surface area contributed by atoms with Gasteiger partial charge in [-0.25, -0.2) is 0 Å². The second-order valence-corrected chi connectivity index (χ2v) is 4.05. The maximum atomic E-state index is 11.2. The Morgan fingerprint density at radius 1 is 1.62 bits per heavy atom. The van der Waals surface area contributed by atoms with Crippen LogP contribution in [-0.2, 0) is 16.0 Å². The summed E-state index contributed by atoms with van der Waals surface area (Å²) in [4.78, 5) is 25.9. The topological polar surface area (TPSA) is 93.3 Å². The Morgan fingerprint density at radius 3 is 2.69 bits per heavy atom. The van der Waals surface area contributed by atoms with Gasteiger partial charge in [0.15, 0.2) is 0 Å². The van der Waals surface area contributed by atoms with Crippen LogP contribution in [0.25, 0.3) is 0 Å². The average molecular weight is 243 g/mol. The van der Waals surface area contributed by atoms with Crippen molar-refractivity contribution in [3.8, 4) is 0 Å². The first-order valence-electron chi connectivity index (χ1n) is 4.49. The van der Waals surface area contributed by atoms with E-state index in [0.29, 0.717) is 10.6 Å². The van der Waals surface area contributed by atoms with Gasteiger partial charge in [-0.15, -0.1) is 0 Å². The fraction of sp³-hybridized carbons (Fsp3) is 0.300. The number of aromatic nitrogens is 1. The van der Waals surface area contributed by atoms with Gasteiger partial charge in [-0.2, -0.15) is 0 Å². The van der Waals surface area contributed by atoms with E-state index in [1.54, 1.807) is 6.07 Å². The summed E-state index contributed by atoms with van der Waals surface area (Å²) in [6.07, 6.45) is 2.81. The molecule has 3 N–H and O–H groups in total. The molecule has 0 radical (unpaired) electrons. The highest BCUT2D eigenvalue weighted by molar-refractivity contribution is 6.31. The van der Waals surface area contributed by atoms with Gasteiger partial charge in [0.25, 0.3) is 0 Å². The Morgan fingerprint density at radius 2 is 2.25 bits per heavy atom. The van der Waals surface area contributed by atoms with Crippen LogP contribution in [0.2, 0.25) is 5.02 Å². The van der Waals surface area contributed by atoms with Crippen molar-refractivity contribution in [2.75, 3.05) is 0 Å². The smallest absolute Gasteiger partial charge is 0.319 e. The van der Waals surface area contributed by atoms with Crippen LogP contribution >= 0.6 is 11.6 Å². The van der Waals surface area contributed by atoms with Crippen LogP contribution in [0.1, 0.15) is 12.5 Å². The summed E-state index contributed by atoms with van der Waals surface area (Å²) in [6.45, 7) is 1.27. The highest BCUT2D eigenvalue weighted by atomic mass is 35.5. The summed E-state index contributed by atoms with van der Waals surface area (Å²) >= 11 is 5.83. The van der Waals surface area contributed by atoms with E-state index in [-0.39, 0.29) is 6.42 Å². The molecule has 0 aliphatic carbocycles. The minimum atomic E-state index is -1.66. The van der Waals surface area contributed by atoms with Crippen LogP contribution in [0, 0.1) is 5.41 Å². The number of nitrogens with two attached hydrogens (primary N) is 1. The zero-order valence-corrected chi connectivity index (χ0v) is 9.36. The molecule has 0 spiro atoms. The Bertz CT molecular complexity index is 420. The second kappa shape index (κ2) is 4.49. The summed E-state index contributed by atoms with van der Waals surface area (Å²) in [7, 11) is 0. The van der Waals surface area contributed by atoms with Crippen LogP contribution in [-0.4, -0.2) is 22.0 Å². The zero-order valence-electron chi connectivity index (χ0n) is 8.61. The number of pyridine rings is 1. The molecule has 0 saturated carbocycles. The fourth-order valence-corrected chi connectivity index (χ4v) is 1.38. The van der Waals surface area contributed by atoms with E-state index in [2.05, 4.69) is 4.98 Å². The number of hydrogen-bond acceptors (Lipinski definition) is 3. The van der Waals surface area contributed by atoms with E-state index in [1.165, 1.54) is 19.3 Å². The molecule has 0 aromatic carbocycles. The molecular formula is C10H11ClN2O3. The van der Waals surface area contributed by atoms with Gasteiger partial charge in [-0.3, -0.25) is 14.6 Å². The highest BCUT2D eigenvalue weighted by Crippen LogP contribution is 2.26. The van der Waals surface area contributed by atoms with Gasteiger partial charge in [-0.1, -0.05) is 11.6 Å². The molecule has 0 fully saturated rings. The molecule has 86 valence electrons. The zero-order chi connectivity index (χ0) is 12.3. The normalized spacial score (nSPS) is 14.1. The maximum absolute atomic E-state index is 11.2. The van der Waals surface area contributed by atoms with E-state index in [4.69, 9.17) is 22.4 Å². The number of nitrogens with zero attached hydrogens (tertiary/aromatic N) is 1. The first-order chi connectivity index (χ1) is 7.38. The first-order valence-corrected chi connectivity index (χ1v) is 4.87. The van der Waals surface area contributed by atoms with Gasteiger partial charge in [0, 0.05) is 12.4 Å². The average Bonchev–Trinajstić information content (AvgIpc) is 2.20. The fourth-order valence-electron chi connectivity index (χ4n) is 1.20. The summed E-state index contributed by atoms with van der Waals surface area (Å²) in [5.41, 5.74) is 3.96. The van der Waals surface area contributed by atoms with E-state index < -0.39 is 17.3 Å². The van der Waals surface area contributed by atoms with Crippen molar-refractivity contribution in [2.45, 2.75) is 13.3 Å². The number of hydrogen-bond donors (Lipinski definition) is 2. The Balaban J connectivity index is 3.07. The maximum Gasteiger partial charge on any atom is 0.319 e. The minimum Gasteiger partial charge on any atom is -0.480 e. The molecule has 0 aliphatic heterocycles. The number of carbonyl (C=O) groups is 2. The third-order valence-corrected chi connectivity index (χ3v) is 2.76. The number of aliphatic carboxylic acids is 1. The summed E-state index contributed by atoms with van der Waals surface area (Å²) < 4.78 is 0. The molecular weight excluding hydrogens is 232 g/mol. The third-order valence-electron chi connectivity index (χ3n) is 2.42. The number of primary amides is 1. The molecule has 1 amide bonds. The molecule has 5 nitrogen and oxygen atoms in total. The largest absolute Gasteiger partial charge is 0.480 e. The van der Waals surface area contributed by atoms with Crippen LogP contribution in [0.15, 0.2) is 18.5 Å². The molecule has 0 aliphatic rings. The number of halogens is 1. The van der Waals surface area contributed by atoms with Crippen LogP contribution in [0.5, 0.6) is 0 Å². The van der Waals surface area contributed by atoms with Crippen LogP contribution in [0.3, 0.4) is 0 Å². The van der Waals surface area contributed by atoms with Crippen molar-refractivity contribution >= 4 is 23.5 Å². The molecule has 0 saturated heterocycles. The molecule has 1 unspecified atom stereocenters. The predicted molar refractivity (Wildman–Crippen MR) is 57.9 cm³/mol. The quantitative estimate of drug-likeness (QED) is 0.766. The van der Waals surface area contributed by atoms with E-state index in [9.17, 15) is 9.59 Å². The van der Waals surface area contributed by atoms with Gasteiger partial charge in [0.2, 0.25) is 5.91 Å². The lowest BCUT2D eigenvalue weighted by atomic mass is 9.83. The van der Waals surface area contributed by atoms with E-state index >= 15 is 0 Å². The lowest BCUT2D eigenvalue weighted by Crippen LogP contribution is -2.43. The van der Waals surface area contributed by atoms with E-state index in [0.717, 1.165) is 0 Å². The van der Waals surface area contributed by atoms with Crippen molar-refractivity contribution in [3.05, 3.63) is 29.0 Å². The monoisotopic (exact) mass is 242 g/mol. The Hall–Kier alpha value is -1.62. The van der Waals surface area contributed by atoms with E-state index in [1.807, 2.05) is 0 Å². The van der Waals surface area contributed by atoms with Crippen molar-refractivity contribution in [1.82, 2.24) is 4.98 Å². The number of carboxylic acid groups (broad SMARTS) is 1. The van der Waals surface area contributed by atoms with Gasteiger partial charge in [0.05, 0.1) is 5.02 Å². The number of rotatable bonds is 4. The van der Waals surface area contributed by atoms with Crippen LogP contribution < -0.4 is 5.73 Å². The Kier molecular flexibility index (Phi) is 3.49. The summed E-state index contributed by atoms with van der Waals surface area (Å²) in [5.74, 6) is -2.17. The number of amides is 1. The van der Waals surface area contributed by atoms with Crippen molar-refractivity contribution in [1.29, 1.82) is 0 Å². The molecule has 0 bridgehead atoms. The summed E-state index contributed by atoms with van der Waals surface area (Å²) in [6, 6.07) is 1.56. The minimum absolute atomic E-state index is 0.0565.